The Morgan fingerprint density at radius 3 is 2.15 bits per heavy atom. The molecule has 2 aromatic carbocycles. The molecule has 0 aromatic heterocycles. The average molecular weight is 399 g/mol. The first-order chi connectivity index (χ1) is 12.2. The van der Waals surface area contributed by atoms with Gasteiger partial charge >= 0.3 is 0 Å². The molecule has 0 amide bonds. The van der Waals surface area contributed by atoms with Crippen molar-refractivity contribution in [2.24, 2.45) is 0 Å². The molecule has 2 rings (SSSR count). The zero-order chi connectivity index (χ0) is 19.2. The third kappa shape index (κ3) is 5.59. The van der Waals surface area contributed by atoms with E-state index < -0.39 is 47.9 Å². The summed E-state index contributed by atoms with van der Waals surface area (Å²) in [7, 11) is -7.93. The molecule has 2 N–H and O–H groups in total. The zero-order valence-corrected chi connectivity index (χ0v) is 15.2. The Morgan fingerprint density at radius 1 is 0.885 bits per heavy atom. The zero-order valence-electron chi connectivity index (χ0n) is 13.5. The van der Waals surface area contributed by atoms with Gasteiger partial charge in [-0.25, -0.2) is 26.3 Å². The highest BCUT2D eigenvalue weighted by Crippen LogP contribution is 2.22. The summed E-state index contributed by atoms with van der Waals surface area (Å²) in [5.74, 6) is -0.500. The number of para-hydroxylation sites is 1. The Morgan fingerprint density at radius 2 is 1.50 bits per heavy atom. The number of nitro groups is 1. The molecule has 11 heteroatoms. The number of nitro benzene ring substituents is 1. The van der Waals surface area contributed by atoms with Crippen molar-refractivity contribution in [2.75, 3.05) is 12.3 Å². The molecule has 0 spiro atoms. The molecule has 0 saturated heterocycles. The van der Waals surface area contributed by atoms with Crippen molar-refractivity contribution >= 4 is 25.7 Å². The van der Waals surface area contributed by atoms with E-state index in [1.807, 2.05) is 0 Å². The SMILES string of the molecule is O=[N+]([O-])c1ccccc1S(=O)(=O)NCCS(=O)(=O)NCc1ccccc1. The van der Waals surface area contributed by atoms with E-state index in [1.165, 1.54) is 12.1 Å². The third-order valence-corrected chi connectivity index (χ3v) is 6.19. The lowest BCUT2D eigenvalue weighted by Crippen LogP contribution is -2.34. The van der Waals surface area contributed by atoms with Gasteiger partial charge in [0.2, 0.25) is 20.0 Å². The van der Waals surface area contributed by atoms with Crippen LogP contribution >= 0.6 is 0 Å². The predicted molar refractivity (Wildman–Crippen MR) is 95.4 cm³/mol. The second kappa shape index (κ2) is 8.36. The molecule has 26 heavy (non-hydrogen) atoms. The van der Waals surface area contributed by atoms with Gasteiger partial charge in [-0.3, -0.25) is 10.1 Å². The van der Waals surface area contributed by atoms with E-state index in [4.69, 9.17) is 0 Å². The largest absolute Gasteiger partial charge is 0.289 e. The number of rotatable bonds is 9. The lowest BCUT2D eigenvalue weighted by Gasteiger charge is -2.09. The molecule has 0 radical (unpaired) electrons. The average Bonchev–Trinajstić information content (AvgIpc) is 2.60. The topological polar surface area (TPSA) is 135 Å². The van der Waals surface area contributed by atoms with Gasteiger partial charge in [0.25, 0.3) is 5.69 Å². The van der Waals surface area contributed by atoms with Crippen LogP contribution in [0.15, 0.2) is 59.5 Å². The van der Waals surface area contributed by atoms with Crippen molar-refractivity contribution in [1.29, 1.82) is 0 Å². The van der Waals surface area contributed by atoms with E-state index in [2.05, 4.69) is 9.44 Å². The van der Waals surface area contributed by atoms with E-state index in [9.17, 15) is 26.9 Å². The summed E-state index contributed by atoms with van der Waals surface area (Å²) in [6, 6.07) is 13.7. The molecule has 140 valence electrons. The molecular formula is C15H17N3O6S2. The molecule has 0 atom stereocenters. The summed E-state index contributed by atoms with van der Waals surface area (Å²) in [5.41, 5.74) is 0.182. The first-order valence-corrected chi connectivity index (χ1v) is 10.6. The summed E-state index contributed by atoms with van der Waals surface area (Å²) in [4.78, 5) is 9.60. The number of benzene rings is 2. The quantitative estimate of drug-likeness (QED) is 0.477. The molecule has 0 saturated carbocycles. The third-order valence-electron chi connectivity index (χ3n) is 3.35. The maximum Gasteiger partial charge on any atom is 0.289 e. The summed E-state index contributed by atoms with van der Waals surface area (Å²) in [6.07, 6.45) is 0. The Hall–Kier alpha value is -2.34. The van der Waals surface area contributed by atoms with Gasteiger partial charge in [0.1, 0.15) is 0 Å². The van der Waals surface area contributed by atoms with Crippen LogP contribution in [0.25, 0.3) is 0 Å². The number of hydrogen-bond donors (Lipinski definition) is 2. The lowest BCUT2D eigenvalue weighted by molar-refractivity contribution is -0.387. The van der Waals surface area contributed by atoms with E-state index in [-0.39, 0.29) is 6.54 Å². The van der Waals surface area contributed by atoms with Gasteiger partial charge in [0.15, 0.2) is 4.90 Å². The van der Waals surface area contributed by atoms with Crippen LogP contribution in [-0.4, -0.2) is 34.1 Å². The van der Waals surface area contributed by atoms with Gasteiger partial charge in [0.05, 0.1) is 10.7 Å². The van der Waals surface area contributed by atoms with Crippen LogP contribution in [0.2, 0.25) is 0 Å². The van der Waals surface area contributed by atoms with Crippen molar-refractivity contribution in [3.8, 4) is 0 Å². The fourth-order valence-electron chi connectivity index (χ4n) is 2.08. The van der Waals surface area contributed by atoms with Crippen LogP contribution in [0.1, 0.15) is 5.56 Å². The summed E-state index contributed by atoms with van der Waals surface area (Å²) in [6.45, 7) is -0.335. The number of nitrogens with one attached hydrogen (secondary N) is 2. The predicted octanol–water partition coefficient (Wildman–Crippen LogP) is 0.993. The molecule has 2 aromatic rings. The van der Waals surface area contributed by atoms with E-state index in [1.54, 1.807) is 30.3 Å². The second-order valence-corrected chi connectivity index (χ2v) is 8.91. The van der Waals surface area contributed by atoms with Crippen molar-refractivity contribution in [3.63, 3.8) is 0 Å². The minimum atomic E-state index is -4.21. The normalized spacial score (nSPS) is 12.0. The van der Waals surface area contributed by atoms with Crippen molar-refractivity contribution in [2.45, 2.75) is 11.4 Å². The molecule has 0 aliphatic carbocycles. The van der Waals surface area contributed by atoms with Crippen LogP contribution in [-0.2, 0) is 26.6 Å². The maximum atomic E-state index is 12.2. The van der Waals surface area contributed by atoms with Crippen LogP contribution in [0.3, 0.4) is 0 Å². The summed E-state index contributed by atoms with van der Waals surface area (Å²) >= 11 is 0. The minimum absolute atomic E-state index is 0.0834. The standard InChI is InChI=1S/C15H17N3O6S2/c19-18(20)14-8-4-5-9-15(14)26(23,24)16-10-11-25(21,22)17-12-13-6-2-1-3-7-13/h1-9,16-17H,10-12H2. The second-order valence-electron chi connectivity index (χ2n) is 5.25. The molecule has 0 fully saturated rings. The Labute approximate surface area is 151 Å². The van der Waals surface area contributed by atoms with E-state index in [0.717, 1.165) is 17.7 Å². The molecule has 0 aliphatic heterocycles. The van der Waals surface area contributed by atoms with Gasteiger partial charge in [0, 0.05) is 19.2 Å². The smallest absolute Gasteiger partial charge is 0.258 e. The highest BCUT2D eigenvalue weighted by Gasteiger charge is 2.25. The number of nitrogens with zero attached hydrogens (tertiary/aromatic N) is 1. The Bertz CT molecular complexity index is 975. The van der Waals surface area contributed by atoms with Crippen molar-refractivity contribution in [3.05, 3.63) is 70.3 Å². The first-order valence-electron chi connectivity index (χ1n) is 7.46. The summed E-state index contributed by atoms with van der Waals surface area (Å²) < 4.78 is 52.7. The van der Waals surface area contributed by atoms with Gasteiger partial charge in [-0.2, -0.15) is 0 Å². The van der Waals surface area contributed by atoms with E-state index in [0.29, 0.717) is 0 Å². The van der Waals surface area contributed by atoms with Gasteiger partial charge in [-0.1, -0.05) is 42.5 Å². The molecule has 0 heterocycles. The van der Waals surface area contributed by atoms with Crippen molar-refractivity contribution in [1.82, 2.24) is 9.44 Å². The Balaban J connectivity index is 1.97. The van der Waals surface area contributed by atoms with Crippen LogP contribution in [0.4, 0.5) is 5.69 Å². The Kier molecular flexibility index (Phi) is 6.42. The maximum absolute atomic E-state index is 12.2. The van der Waals surface area contributed by atoms with Crippen molar-refractivity contribution < 1.29 is 21.8 Å². The van der Waals surface area contributed by atoms with Crippen LogP contribution in [0, 0.1) is 10.1 Å². The fraction of sp³-hybridized carbons (Fsp3) is 0.200. The fourth-order valence-corrected chi connectivity index (χ4v) is 4.32. The van der Waals surface area contributed by atoms with Gasteiger partial charge in [-0.15, -0.1) is 0 Å². The highest BCUT2D eigenvalue weighted by molar-refractivity contribution is 7.90. The first kappa shape index (κ1) is 20.0. The highest BCUT2D eigenvalue weighted by atomic mass is 32.2. The molecular weight excluding hydrogens is 382 g/mol. The molecule has 9 nitrogen and oxygen atoms in total. The molecule has 0 bridgehead atoms. The van der Waals surface area contributed by atoms with Gasteiger partial charge in [-0.05, 0) is 11.6 Å². The number of sulfonamides is 2. The monoisotopic (exact) mass is 399 g/mol. The van der Waals surface area contributed by atoms with Crippen LogP contribution < -0.4 is 9.44 Å². The van der Waals surface area contributed by atoms with Gasteiger partial charge < -0.3 is 0 Å². The molecule has 0 unspecified atom stereocenters. The number of hydrogen-bond acceptors (Lipinski definition) is 6. The van der Waals surface area contributed by atoms with Crippen LogP contribution in [0.5, 0.6) is 0 Å². The summed E-state index contributed by atoms with van der Waals surface area (Å²) in [5, 5.41) is 10.9. The minimum Gasteiger partial charge on any atom is -0.258 e. The lowest BCUT2D eigenvalue weighted by atomic mass is 10.2. The van der Waals surface area contributed by atoms with E-state index >= 15 is 0 Å². The molecule has 0 aliphatic rings.